The van der Waals surface area contributed by atoms with Crippen LogP contribution in [0.2, 0.25) is 0 Å². The largest absolute Gasteiger partial charge is 0.364 e. The van der Waals surface area contributed by atoms with Gasteiger partial charge in [0.1, 0.15) is 12.2 Å². The second-order valence-corrected chi connectivity index (χ2v) is 5.70. The molecule has 0 spiro atoms. The lowest BCUT2D eigenvalue weighted by molar-refractivity contribution is -0.130. The molecule has 1 fully saturated rings. The van der Waals surface area contributed by atoms with Gasteiger partial charge in [0.15, 0.2) is 5.84 Å². The summed E-state index contributed by atoms with van der Waals surface area (Å²) < 4.78 is 14.4. The lowest BCUT2D eigenvalue weighted by Crippen LogP contribution is -2.51. The zero-order valence-electron chi connectivity index (χ0n) is 12.5. The molecule has 1 aromatic rings. The zero-order chi connectivity index (χ0) is 15.7. The van der Waals surface area contributed by atoms with Crippen LogP contribution >= 0.6 is 0 Å². The molecule has 0 aliphatic carbocycles. The Labute approximate surface area is 128 Å². The van der Waals surface area contributed by atoms with Gasteiger partial charge >= 0.3 is 0 Å². The molecular formula is C16H19FN4O. The highest BCUT2D eigenvalue weighted by Crippen LogP contribution is 2.24. The molecule has 0 aromatic carbocycles. The smallest absolute Gasteiger partial charge is 0.246 e. The van der Waals surface area contributed by atoms with Crippen molar-refractivity contribution in [2.45, 2.75) is 38.0 Å². The summed E-state index contributed by atoms with van der Waals surface area (Å²) in [7, 11) is 0. The minimum absolute atomic E-state index is 0.144. The van der Waals surface area contributed by atoms with Crippen LogP contribution in [-0.2, 0) is 11.2 Å². The van der Waals surface area contributed by atoms with E-state index in [0.717, 1.165) is 17.7 Å². The van der Waals surface area contributed by atoms with Gasteiger partial charge in [-0.1, -0.05) is 6.58 Å². The molecule has 2 aliphatic rings. The van der Waals surface area contributed by atoms with Gasteiger partial charge in [0, 0.05) is 49.1 Å². The van der Waals surface area contributed by atoms with E-state index in [1.54, 1.807) is 11.1 Å². The molecule has 0 saturated carbocycles. The van der Waals surface area contributed by atoms with Gasteiger partial charge in [-0.25, -0.2) is 9.38 Å². The summed E-state index contributed by atoms with van der Waals surface area (Å²) >= 11 is 0. The fourth-order valence-electron chi connectivity index (χ4n) is 2.99. The predicted octanol–water partition coefficient (Wildman–Crippen LogP) is 1.90. The van der Waals surface area contributed by atoms with Crippen molar-refractivity contribution in [1.29, 1.82) is 0 Å². The Hall–Kier alpha value is -2.24. The molecule has 0 radical (unpaired) electrons. The van der Waals surface area contributed by atoms with Crippen LogP contribution < -0.4 is 0 Å². The van der Waals surface area contributed by atoms with Gasteiger partial charge in [-0.2, -0.15) is 0 Å². The third-order valence-corrected chi connectivity index (χ3v) is 4.23. The van der Waals surface area contributed by atoms with Crippen LogP contribution in [0.1, 0.15) is 24.6 Å². The first-order valence-electron chi connectivity index (χ1n) is 7.44. The van der Waals surface area contributed by atoms with E-state index < -0.39 is 12.2 Å². The topological polar surface area (TPSA) is 60.8 Å². The number of aliphatic imine (C=N–C) groups is 2. The molecule has 3 atom stereocenters. The van der Waals surface area contributed by atoms with Crippen molar-refractivity contribution in [3.63, 3.8) is 0 Å². The molecule has 2 aliphatic heterocycles. The minimum Gasteiger partial charge on any atom is -0.364 e. The zero-order valence-corrected chi connectivity index (χ0v) is 12.5. The number of likely N-dealkylation sites (tertiary alicyclic amines) is 1. The first kappa shape index (κ1) is 14.7. The maximum absolute atomic E-state index is 14.4. The van der Waals surface area contributed by atoms with E-state index in [2.05, 4.69) is 21.5 Å². The fraction of sp³-hybridized carbons (Fsp3) is 0.438. The highest BCUT2D eigenvalue weighted by molar-refractivity contribution is 6.06. The Morgan fingerprint density at radius 2 is 2.45 bits per heavy atom. The standard InChI is InChI=1S/C16H19FN4O/c1-3-15(22)21-9-14(12(17)8-10(21)2)20-16-11-4-6-18-13(11)5-7-19-16/h3-4,6-7,10,12,14,18H,1,5,8-9H2,2H3/t10-,12-,14-/m0/s1. The average molecular weight is 302 g/mol. The Bertz CT molecular complexity index is 648. The highest BCUT2D eigenvalue weighted by atomic mass is 19.1. The number of fused-ring (bicyclic) bond motifs is 1. The second-order valence-electron chi connectivity index (χ2n) is 5.70. The number of hydrogen-bond donors (Lipinski definition) is 1. The molecule has 22 heavy (non-hydrogen) atoms. The van der Waals surface area contributed by atoms with E-state index in [-0.39, 0.29) is 24.9 Å². The number of halogens is 1. The summed E-state index contributed by atoms with van der Waals surface area (Å²) in [5.41, 5.74) is 1.95. The van der Waals surface area contributed by atoms with Crippen LogP contribution in [0, 0.1) is 0 Å². The van der Waals surface area contributed by atoms with Crippen molar-refractivity contribution in [2.24, 2.45) is 9.98 Å². The fourth-order valence-corrected chi connectivity index (χ4v) is 2.99. The number of alkyl halides is 1. The summed E-state index contributed by atoms with van der Waals surface area (Å²) in [6.45, 7) is 5.61. The number of amidine groups is 1. The SMILES string of the molecule is C=CC(=O)N1C[C@H](N=C2N=CCc3[nH]ccc32)[C@@H](F)C[C@@H]1C. The van der Waals surface area contributed by atoms with Crippen LogP contribution in [0.25, 0.3) is 0 Å². The Morgan fingerprint density at radius 1 is 1.64 bits per heavy atom. The molecule has 1 saturated heterocycles. The molecule has 3 heterocycles. The van der Waals surface area contributed by atoms with E-state index >= 15 is 0 Å². The number of hydrogen-bond acceptors (Lipinski definition) is 2. The molecule has 3 rings (SSSR count). The Kier molecular flexibility index (Phi) is 3.92. The van der Waals surface area contributed by atoms with E-state index in [9.17, 15) is 9.18 Å². The third kappa shape index (κ3) is 2.61. The average Bonchev–Trinajstić information content (AvgIpc) is 2.98. The van der Waals surface area contributed by atoms with Gasteiger partial charge in [-0.3, -0.25) is 9.79 Å². The molecule has 6 heteroatoms. The molecule has 5 nitrogen and oxygen atoms in total. The maximum atomic E-state index is 14.4. The van der Waals surface area contributed by atoms with Gasteiger partial charge in [0.2, 0.25) is 5.91 Å². The number of aromatic nitrogens is 1. The normalized spacial score (nSPS) is 29.5. The molecule has 1 amide bonds. The molecule has 1 N–H and O–H groups in total. The Balaban J connectivity index is 1.86. The van der Waals surface area contributed by atoms with Gasteiger partial charge in [0.25, 0.3) is 0 Å². The number of carbonyl (C=O) groups excluding carboxylic acids is 1. The molecule has 1 aromatic heterocycles. The predicted molar refractivity (Wildman–Crippen MR) is 84.2 cm³/mol. The summed E-state index contributed by atoms with van der Waals surface area (Å²) in [5.74, 6) is 0.356. The van der Waals surface area contributed by atoms with Gasteiger partial charge < -0.3 is 9.88 Å². The van der Waals surface area contributed by atoms with E-state index in [1.807, 2.05) is 19.2 Å². The van der Waals surface area contributed by atoms with E-state index in [0.29, 0.717) is 5.84 Å². The van der Waals surface area contributed by atoms with E-state index in [1.165, 1.54) is 6.08 Å². The van der Waals surface area contributed by atoms with Crippen molar-refractivity contribution < 1.29 is 9.18 Å². The molecular weight excluding hydrogens is 283 g/mol. The van der Waals surface area contributed by atoms with Crippen LogP contribution in [0.15, 0.2) is 34.9 Å². The first-order valence-corrected chi connectivity index (χ1v) is 7.44. The molecule has 116 valence electrons. The molecule has 0 unspecified atom stereocenters. The molecule has 0 bridgehead atoms. The van der Waals surface area contributed by atoms with Crippen LogP contribution in [0.5, 0.6) is 0 Å². The van der Waals surface area contributed by atoms with Crippen molar-refractivity contribution in [2.75, 3.05) is 6.54 Å². The van der Waals surface area contributed by atoms with Gasteiger partial charge in [-0.15, -0.1) is 0 Å². The lowest BCUT2D eigenvalue weighted by atomic mass is 9.97. The van der Waals surface area contributed by atoms with Crippen LogP contribution in [0.4, 0.5) is 4.39 Å². The lowest BCUT2D eigenvalue weighted by Gasteiger charge is -2.38. The third-order valence-electron chi connectivity index (χ3n) is 4.23. The van der Waals surface area contributed by atoms with Crippen LogP contribution in [-0.4, -0.2) is 52.6 Å². The summed E-state index contributed by atoms with van der Waals surface area (Å²) in [6, 6.07) is 1.17. The van der Waals surface area contributed by atoms with Crippen LogP contribution in [0.3, 0.4) is 0 Å². The van der Waals surface area contributed by atoms with Gasteiger partial charge in [0.05, 0.1) is 0 Å². The number of nitrogens with one attached hydrogen (secondary N) is 1. The maximum Gasteiger partial charge on any atom is 0.246 e. The first-order chi connectivity index (χ1) is 10.6. The number of rotatable bonds is 2. The van der Waals surface area contributed by atoms with Gasteiger partial charge in [-0.05, 0) is 19.1 Å². The minimum atomic E-state index is -1.07. The highest BCUT2D eigenvalue weighted by Gasteiger charge is 2.35. The summed E-state index contributed by atoms with van der Waals surface area (Å²) in [4.78, 5) is 25.4. The van der Waals surface area contributed by atoms with E-state index in [4.69, 9.17) is 0 Å². The Morgan fingerprint density at radius 3 is 3.23 bits per heavy atom. The number of piperidine rings is 1. The quantitative estimate of drug-likeness (QED) is 0.833. The van der Waals surface area contributed by atoms with Crippen molar-refractivity contribution in [1.82, 2.24) is 9.88 Å². The van der Waals surface area contributed by atoms with Crippen molar-refractivity contribution >= 4 is 18.0 Å². The monoisotopic (exact) mass is 302 g/mol. The number of carbonyl (C=O) groups is 1. The second kappa shape index (κ2) is 5.87. The summed E-state index contributed by atoms with van der Waals surface area (Å²) in [5, 5.41) is 0. The van der Waals surface area contributed by atoms with Crippen molar-refractivity contribution in [3.05, 3.63) is 36.2 Å². The summed E-state index contributed by atoms with van der Waals surface area (Å²) in [6.07, 6.45) is 4.80. The van der Waals surface area contributed by atoms with Crippen molar-refractivity contribution in [3.8, 4) is 0 Å². The number of nitrogens with zero attached hydrogens (tertiary/aromatic N) is 3. The number of H-pyrrole nitrogens is 1. The number of aromatic amines is 1. The number of amides is 1.